The van der Waals surface area contributed by atoms with Crippen LogP contribution >= 0.6 is 0 Å². The molecule has 1 aromatic carbocycles. The molecule has 0 aliphatic carbocycles. The first-order valence-electron chi connectivity index (χ1n) is 10.5. The second kappa shape index (κ2) is 11.1. The molecule has 0 saturated heterocycles. The summed E-state index contributed by atoms with van der Waals surface area (Å²) < 4.78 is 5.88. The smallest absolute Gasteiger partial charge is 0.255 e. The Bertz CT molecular complexity index is 1030. The third-order valence-corrected chi connectivity index (χ3v) is 5.25. The molecule has 5 N–H and O–H groups in total. The molecule has 2 aromatic rings. The molecule has 1 atom stereocenters. The molecular formula is C23H28N6O4. The Morgan fingerprint density at radius 2 is 2.18 bits per heavy atom. The van der Waals surface area contributed by atoms with Crippen molar-refractivity contribution in [3.05, 3.63) is 71.3 Å². The molecule has 0 bridgehead atoms. The number of carbonyl (C=O) groups is 3. The Balaban J connectivity index is 1.68. The lowest BCUT2D eigenvalue weighted by molar-refractivity contribution is -0.125. The average Bonchev–Trinajstić information content (AvgIpc) is 3.15. The molecular weight excluding hydrogens is 424 g/mol. The number of nitrogens with zero attached hydrogens (tertiary/aromatic N) is 3. The summed E-state index contributed by atoms with van der Waals surface area (Å²) in [5.41, 5.74) is 8.55. The number of carbonyl (C=O) groups excluding carboxylic acids is 3. The first-order chi connectivity index (χ1) is 15.9. The van der Waals surface area contributed by atoms with Crippen LogP contribution in [0.5, 0.6) is 5.75 Å². The normalized spacial score (nSPS) is 13.9. The van der Waals surface area contributed by atoms with Gasteiger partial charge in [-0.05, 0) is 30.2 Å². The van der Waals surface area contributed by atoms with Crippen LogP contribution in [0.25, 0.3) is 0 Å². The number of aromatic nitrogens is 1. The van der Waals surface area contributed by atoms with Gasteiger partial charge in [-0.3, -0.25) is 14.6 Å². The van der Waals surface area contributed by atoms with Crippen LogP contribution in [0.2, 0.25) is 0 Å². The van der Waals surface area contributed by atoms with E-state index in [2.05, 4.69) is 10.3 Å². The maximum Gasteiger partial charge on any atom is 0.255 e. The highest BCUT2D eigenvalue weighted by molar-refractivity contribution is 6.01. The van der Waals surface area contributed by atoms with Crippen LogP contribution in [0.15, 0.2) is 54.6 Å². The first kappa shape index (κ1) is 23.7. The van der Waals surface area contributed by atoms with Crippen LogP contribution < -0.4 is 21.6 Å². The van der Waals surface area contributed by atoms with E-state index >= 15 is 0 Å². The number of hydrogen-bond donors (Lipinski definition) is 3. The van der Waals surface area contributed by atoms with Crippen molar-refractivity contribution in [2.24, 2.45) is 11.6 Å². The SMILES string of the molecule is CNC(=O)C(CCC=O)N1Cc2c(OC/C(N)=C/N(N)Cc3cccnc3)cccc2C1=O. The topological polar surface area (TPSA) is 144 Å². The van der Waals surface area contributed by atoms with E-state index in [0.29, 0.717) is 29.1 Å². The van der Waals surface area contributed by atoms with Gasteiger partial charge in [0, 0.05) is 43.2 Å². The van der Waals surface area contributed by atoms with Crippen LogP contribution in [0.4, 0.5) is 0 Å². The highest BCUT2D eigenvalue weighted by atomic mass is 16.5. The number of rotatable bonds is 11. The number of fused-ring (bicyclic) bond motifs is 1. The number of nitrogens with two attached hydrogens (primary N) is 2. The summed E-state index contributed by atoms with van der Waals surface area (Å²) in [4.78, 5) is 41.7. The number of likely N-dealkylation sites (N-methyl/N-ethyl adjacent to an activating group) is 1. The number of benzene rings is 1. The molecule has 33 heavy (non-hydrogen) atoms. The number of amides is 2. The molecule has 1 aliphatic heterocycles. The Morgan fingerprint density at radius 1 is 1.36 bits per heavy atom. The van der Waals surface area contributed by atoms with E-state index in [1.165, 1.54) is 17.0 Å². The van der Waals surface area contributed by atoms with Crippen molar-refractivity contribution in [1.29, 1.82) is 0 Å². The Morgan fingerprint density at radius 3 is 2.88 bits per heavy atom. The van der Waals surface area contributed by atoms with Crippen LogP contribution in [0.3, 0.4) is 0 Å². The molecule has 3 rings (SSSR count). The van der Waals surface area contributed by atoms with Crippen molar-refractivity contribution >= 4 is 18.1 Å². The summed E-state index contributed by atoms with van der Waals surface area (Å²) in [6.45, 7) is 0.699. The number of nitrogens with one attached hydrogen (secondary N) is 1. The fourth-order valence-corrected chi connectivity index (χ4v) is 3.69. The van der Waals surface area contributed by atoms with Gasteiger partial charge in [-0.15, -0.1) is 0 Å². The number of hydrazine groups is 1. The third kappa shape index (κ3) is 5.86. The summed E-state index contributed by atoms with van der Waals surface area (Å²) in [5.74, 6) is 5.91. The predicted molar refractivity (Wildman–Crippen MR) is 121 cm³/mol. The van der Waals surface area contributed by atoms with Crippen molar-refractivity contribution in [3.8, 4) is 5.75 Å². The van der Waals surface area contributed by atoms with Gasteiger partial charge in [0.15, 0.2) is 0 Å². The molecule has 0 fully saturated rings. The van der Waals surface area contributed by atoms with Crippen molar-refractivity contribution in [1.82, 2.24) is 20.2 Å². The second-order valence-corrected chi connectivity index (χ2v) is 7.62. The van der Waals surface area contributed by atoms with Gasteiger partial charge in [-0.25, -0.2) is 5.84 Å². The molecule has 1 aliphatic rings. The largest absolute Gasteiger partial charge is 0.487 e. The van der Waals surface area contributed by atoms with E-state index in [1.807, 2.05) is 12.1 Å². The number of aldehydes is 1. The van der Waals surface area contributed by atoms with Crippen molar-refractivity contribution in [3.63, 3.8) is 0 Å². The zero-order valence-corrected chi connectivity index (χ0v) is 18.4. The monoisotopic (exact) mass is 452 g/mol. The molecule has 0 saturated carbocycles. The highest BCUT2D eigenvalue weighted by Crippen LogP contribution is 2.33. The molecule has 1 aromatic heterocycles. The summed E-state index contributed by atoms with van der Waals surface area (Å²) >= 11 is 0. The lowest BCUT2D eigenvalue weighted by Crippen LogP contribution is -2.46. The summed E-state index contributed by atoms with van der Waals surface area (Å²) in [6, 6.07) is 8.15. The van der Waals surface area contributed by atoms with Gasteiger partial charge in [0.2, 0.25) is 5.91 Å². The molecule has 1 unspecified atom stereocenters. The van der Waals surface area contributed by atoms with Gasteiger partial charge in [0.1, 0.15) is 24.7 Å². The van der Waals surface area contributed by atoms with Gasteiger partial charge in [-0.1, -0.05) is 12.1 Å². The third-order valence-electron chi connectivity index (χ3n) is 5.25. The van der Waals surface area contributed by atoms with Gasteiger partial charge in [0.05, 0.1) is 18.8 Å². The van der Waals surface area contributed by atoms with E-state index in [-0.39, 0.29) is 37.8 Å². The van der Waals surface area contributed by atoms with E-state index in [0.717, 1.165) is 11.8 Å². The minimum Gasteiger partial charge on any atom is -0.487 e. The molecule has 0 spiro atoms. The van der Waals surface area contributed by atoms with Gasteiger partial charge in [-0.2, -0.15) is 0 Å². The van der Waals surface area contributed by atoms with Crippen LogP contribution in [-0.4, -0.2) is 52.7 Å². The highest BCUT2D eigenvalue weighted by Gasteiger charge is 2.37. The zero-order valence-electron chi connectivity index (χ0n) is 18.4. The Kier molecular flexibility index (Phi) is 7.98. The number of hydrogen-bond acceptors (Lipinski definition) is 8. The molecule has 2 amide bonds. The van der Waals surface area contributed by atoms with E-state index in [9.17, 15) is 14.4 Å². The minimum atomic E-state index is -0.740. The molecule has 2 heterocycles. The lowest BCUT2D eigenvalue weighted by Gasteiger charge is -2.25. The molecule has 10 heteroatoms. The molecule has 10 nitrogen and oxygen atoms in total. The van der Waals surface area contributed by atoms with Gasteiger partial charge >= 0.3 is 0 Å². The maximum absolute atomic E-state index is 13.0. The average molecular weight is 453 g/mol. The molecule has 174 valence electrons. The minimum absolute atomic E-state index is 0.0649. The molecule has 0 radical (unpaired) electrons. The number of pyridine rings is 1. The Hall–Kier alpha value is -3.92. The van der Waals surface area contributed by atoms with Crippen molar-refractivity contribution in [2.75, 3.05) is 13.7 Å². The van der Waals surface area contributed by atoms with Crippen molar-refractivity contribution < 1.29 is 19.1 Å². The summed E-state index contributed by atoms with van der Waals surface area (Å²) in [7, 11) is 1.50. The van der Waals surface area contributed by atoms with Gasteiger partial charge in [0.25, 0.3) is 5.91 Å². The Labute approximate surface area is 192 Å². The fourth-order valence-electron chi connectivity index (χ4n) is 3.69. The summed E-state index contributed by atoms with van der Waals surface area (Å²) in [6.07, 6.45) is 6.15. The van der Waals surface area contributed by atoms with Crippen LogP contribution in [0.1, 0.15) is 34.3 Å². The van der Waals surface area contributed by atoms with Crippen LogP contribution in [0, 0.1) is 0 Å². The second-order valence-electron chi connectivity index (χ2n) is 7.62. The van der Waals surface area contributed by atoms with E-state index in [1.54, 1.807) is 36.8 Å². The fraction of sp³-hybridized carbons (Fsp3) is 0.304. The van der Waals surface area contributed by atoms with Gasteiger partial charge < -0.3 is 30.5 Å². The first-order valence-corrected chi connectivity index (χ1v) is 10.5. The predicted octanol–water partition coefficient (Wildman–Crippen LogP) is 0.686. The van der Waals surface area contributed by atoms with Crippen LogP contribution in [-0.2, 0) is 22.7 Å². The number of ether oxygens (including phenoxy) is 1. The van der Waals surface area contributed by atoms with E-state index in [4.69, 9.17) is 16.3 Å². The van der Waals surface area contributed by atoms with Crippen molar-refractivity contribution in [2.45, 2.75) is 32.0 Å². The summed E-state index contributed by atoms with van der Waals surface area (Å²) in [5, 5.41) is 4.01. The zero-order chi connectivity index (χ0) is 23.8. The maximum atomic E-state index is 13.0. The quantitative estimate of drug-likeness (QED) is 0.257. The lowest BCUT2D eigenvalue weighted by atomic mass is 10.1. The standard InChI is InChI=1S/C23H28N6O4/c1-26-22(31)20(7-4-10-30)29-14-19-18(23(29)32)6-2-8-21(19)33-15-17(24)13-28(25)12-16-5-3-9-27-11-16/h2-3,5-6,8-11,13,20H,4,7,12,14-15,24-25H2,1H3,(H,26,31)/b17-13-. The van der Waals surface area contributed by atoms with E-state index < -0.39 is 6.04 Å².